The summed E-state index contributed by atoms with van der Waals surface area (Å²) >= 11 is 6.02. The number of fused-ring (bicyclic) bond motifs is 2. The second-order valence-electron chi connectivity index (χ2n) is 7.47. The fraction of sp³-hybridized carbons (Fsp3) is 0.667. The smallest absolute Gasteiger partial charge is 0.112 e. The Kier molecular flexibility index (Phi) is 4.76. The summed E-state index contributed by atoms with van der Waals surface area (Å²) in [5.41, 5.74) is 1.29. The van der Waals surface area contributed by atoms with Crippen molar-refractivity contribution in [3.05, 3.63) is 34.9 Å². The van der Waals surface area contributed by atoms with Crippen LogP contribution in [0.2, 0.25) is 5.02 Å². The first-order valence-corrected chi connectivity index (χ1v) is 8.84. The SMILES string of the molecule is OC(C[NH+]1CC2CCC1C2)C1(c2ccc(Cl)cc2)CCC1.[Cl-]. The highest BCUT2D eigenvalue weighted by molar-refractivity contribution is 6.30. The van der Waals surface area contributed by atoms with Gasteiger partial charge in [-0.3, -0.25) is 0 Å². The maximum absolute atomic E-state index is 11.0. The quantitative estimate of drug-likeness (QED) is 0.736. The third-order valence-corrected chi connectivity index (χ3v) is 6.68. The molecular formula is C18H25Cl2NO. The van der Waals surface area contributed by atoms with Gasteiger partial charge in [0.05, 0.1) is 12.6 Å². The van der Waals surface area contributed by atoms with Crippen molar-refractivity contribution in [3.8, 4) is 0 Å². The molecule has 0 amide bonds. The summed E-state index contributed by atoms with van der Waals surface area (Å²) < 4.78 is 0. The molecule has 122 valence electrons. The zero-order valence-electron chi connectivity index (χ0n) is 12.9. The Hall–Kier alpha value is -0.280. The van der Waals surface area contributed by atoms with Crippen molar-refractivity contribution in [1.82, 2.24) is 0 Å². The highest BCUT2D eigenvalue weighted by Gasteiger charge is 2.49. The number of nitrogens with one attached hydrogen (secondary N) is 1. The van der Waals surface area contributed by atoms with E-state index in [9.17, 15) is 5.11 Å². The molecule has 2 aliphatic carbocycles. The summed E-state index contributed by atoms with van der Waals surface area (Å²) in [5.74, 6) is 0.935. The van der Waals surface area contributed by atoms with Crippen LogP contribution in [0.1, 0.15) is 44.1 Å². The topological polar surface area (TPSA) is 24.7 Å². The fourth-order valence-corrected chi connectivity index (χ4v) is 5.14. The number of hydrogen-bond donors (Lipinski definition) is 2. The second-order valence-corrected chi connectivity index (χ2v) is 7.91. The van der Waals surface area contributed by atoms with Crippen LogP contribution < -0.4 is 17.3 Å². The van der Waals surface area contributed by atoms with E-state index in [-0.39, 0.29) is 23.9 Å². The first-order valence-electron chi connectivity index (χ1n) is 8.46. The number of aliphatic hydroxyl groups excluding tert-OH is 1. The Morgan fingerprint density at radius 3 is 2.45 bits per heavy atom. The molecule has 3 aliphatic rings. The lowest BCUT2D eigenvalue weighted by atomic mass is 9.61. The number of likely N-dealkylation sites (tertiary alicyclic amines) is 1. The molecule has 4 rings (SSSR count). The number of piperidine rings is 1. The minimum absolute atomic E-state index is 0. The van der Waals surface area contributed by atoms with Crippen molar-refractivity contribution in [2.75, 3.05) is 13.1 Å². The Morgan fingerprint density at radius 2 is 1.95 bits per heavy atom. The monoisotopic (exact) mass is 341 g/mol. The van der Waals surface area contributed by atoms with Gasteiger partial charge in [0.15, 0.2) is 0 Å². The molecule has 2 bridgehead atoms. The number of hydrogen-bond acceptors (Lipinski definition) is 1. The van der Waals surface area contributed by atoms with Gasteiger partial charge in [-0.05, 0) is 43.4 Å². The Labute approximate surface area is 144 Å². The average Bonchev–Trinajstić information content (AvgIpc) is 3.02. The maximum atomic E-state index is 11.0. The molecule has 4 heteroatoms. The summed E-state index contributed by atoms with van der Waals surface area (Å²) in [7, 11) is 0. The van der Waals surface area contributed by atoms with Crippen molar-refractivity contribution in [2.45, 2.75) is 56.1 Å². The molecule has 1 aromatic rings. The lowest BCUT2D eigenvalue weighted by molar-refractivity contribution is -0.921. The zero-order chi connectivity index (χ0) is 14.4. The summed E-state index contributed by atoms with van der Waals surface area (Å²) in [6.45, 7) is 2.22. The minimum atomic E-state index is -0.207. The van der Waals surface area contributed by atoms with E-state index >= 15 is 0 Å². The number of benzene rings is 1. The Bertz CT molecular complexity index is 514. The van der Waals surface area contributed by atoms with Gasteiger partial charge < -0.3 is 22.4 Å². The van der Waals surface area contributed by atoms with Crippen LogP contribution in [0.5, 0.6) is 0 Å². The van der Waals surface area contributed by atoms with Crippen LogP contribution in [0, 0.1) is 5.92 Å². The van der Waals surface area contributed by atoms with Gasteiger partial charge in [-0.1, -0.05) is 30.2 Å². The lowest BCUT2D eigenvalue weighted by Crippen LogP contribution is -3.15. The molecule has 2 N–H and O–H groups in total. The van der Waals surface area contributed by atoms with Crippen molar-refractivity contribution in [3.63, 3.8) is 0 Å². The highest BCUT2D eigenvalue weighted by Crippen LogP contribution is 2.46. The predicted octanol–water partition coefficient (Wildman–Crippen LogP) is -0.806. The van der Waals surface area contributed by atoms with Crippen LogP contribution in [-0.4, -0.2) is 30.3 Å². The number of quaternary nitrogens is 1. The van der Waals surface area contributed by atoms with Crippen LogP contribution in [-0.2, 0) is 5.41 Å². The lowest BCUT2D eigenvalue weighted by Gasteiger charge is -2.46. The zero-order valence-corrected chi connectivity index (χ0v) is 14.4. The molecule has 0 spiro atoms. The Balaban J connectivity index is 0.00000144. The molecule has 1 aliphatic heterocycles. The standard InChI is InChI=1S/C18H24ClNO.ClH/c19-15-5-3-14(4-6-15)18(8-1-9-18)17(21)12-20-11-13-2-7-16(20)10-13;/h3-6,13,16-17,21H,1-2,7-12H2;1H. The molecule has 4 unspecified atom stereocenters. The van der Waals surface area contributed by atoms with E-state index in [1.165, 1.54) is 37.8 Å². The molecular weight excluding hydrogens is 317 g/mol. The van der Waals surface area contributed by atoms with Crippen LogP contribution in [0.15, 0.2) is 24.3 Å². The number of rotatable bonds is 4. The molecule has 1 heterocycles. The maximum Gasteiger partial charge on any atom is 0.112 e. The van der Waals surface area contributed by atoms with E-state index in [4.69, 9.17) is 11.6 Å². The molecule has 2 nitrogen and oxygen atoms in total. The molecule has 2 saturated carbocycles. The van der Waals surface area contributed by atoms with Gasteiger partial charge in [0, 0.05) is 22.8 Å². The summed E-state index contributed by atoms with van der Waals surface area (Å²) in [6, 6.07) is 9.00. The van der Waals surface area contributed by atoms with Crippen LogP contribution in [0.4, 0.5) is 0 Å². The first kappa shape index (κ1) is 16.6. The number of halogens is 2. The van der Waals surface area contributed by atoms with Gasteiger partial charge in [-0.2, -0.15) is 0 Å². The first-order chi connectivity index (χ1) is 10.2. The van der Waals surface area contributed by atoms with Crippen molar-refractivity contribution >= 4 is 11.6 Å². The second kappa shape index (κ2) is 6.32. The normalized spacial score (nSPS) is 33.1. The van der Waals surface area contributed by atoms with Gasteiger partial charge in [0.1, 0.15) is 12.6 Å². The molecule has 3 fully saturated rings. The van der Waals surface area contributed by atoms with E-state index in [1.807, 2.05) is 12.1 Å². The molecule has 0 radical (unpaired) electrons. The average molecular weight is 342 g/mol. The molecule has 0 aromatic heterocycles. The van der Waals surface area contributed by atoms with Gasteiger partial charge in [-0.25, -0.2) is 0 Å². The Morgan fingerprint density at radius 1 is 1.23 bits per heavy atom. The largest absolute Gasteiger partial charge is 1.00 e. The molecule has 4 atom stereocenters. The third kappa shape index (κ3) is 2.69. The molecule has 22 heavy (non-hydrogen) atoms. The van der Waals surface area contributed by atoms with E-state index in [2.05, 4.69) is 12.1 Å². The predicted molar refractivity (Wildman–Crippen MR) is 84.8 cm³/mol. The van der Waals surface area contributed by atoms with E-state index in [1.54, 1.807) is 4.90 Å². The highest BCUT2D eigenvalue weighted by atomic mass is 35.5. The van der Waals surface area contributed by atoms with Crippen LogP contribution in [0.25, 0.3) is 0 Å². The van der Waals surface area contributed by atoms with Crippen molar-refractivity contribution < 1.29 is 22.4 Å². The van der Waals surface area contributed by atoms with Gasteiger partial charge in [-0.15, -0.1) is 0 Å². The van der Waals surface area contributed by atoms with E-state index in [0.29, 0.717) is 0 Å². The van der Waals surface area contributed by atoms with Crippen LogP contribution in [0.3, 0.4) is 0 Å². The van der Waals surface area contributed by atoms with Crippen molar-refractivity contribution in [2.24, 2.45) is 5.92 Å². The van der Waals surface area contributed by atoms with Gasteiger partial charge >= 0.3 is 0 Å². The minimum Gasteiger partial charge on any atom is -1.00 e. The summed E-state index contributed by atoms with van der Waals surface area (Å²) in [4.78, 5) is 1.67. The van der Waals surface area contributed by atoms with Crippen molar-refractivity contribution in [1.29, 1.82) is 0 Å². The van der Waals surface area contributed by atoms with Gasteiger partial charge in [0.25, 0.3) is 0 Å². The molecule has 1 saturated heterocycles. The third-order valence-electron chi connectivity index (χ3n) is 6.43. The number of aliphatic hydroxyl groups is 1. The summed E-state index contributed by atoms with van der Waals surface area (Å²) in [6.07, 6.45) is 7.47. The molecule has 1 aromatic carbocycles. The fourth-order valence-electron chi connectivity index (χ4n) is 5.02. The van der Waals surface area contributed by atoms with E-state index < -0.39 is 0 Å². The van der Waals surface area contributed by atoms with E-state index in [0.717, 1.165) is 36.4 Å². The van der Waals surface area contributed by atoms with Gasteiger partial charge in [0.2, 0.25) is 0 Å². The van der Waals surface area contributed by atoms with Crippen LogP contribution >= 0.6 is 11.6 Å². The summed E-state index contributed by atoms with van der Waals surface area (Å²) in [5, 5.41) is 11.8.